The summed E-state index contributed by atoms with van der Waals surface area (Å²) in [6.07, 6.45) is 2.15. The van der Waals surface area contributed by atoms with Gasteiger partial charge in [0.15, 0.2) is 0 Å². The SMILES string of the molecule is CC1(C)CC(NC(=O)CCC(=O)Nc2ccc(Br)cc2)CC(C)(C)N1. The van der Waals surface area contributed by atoms with E-state index in [2.05, 4.69) is 59.6 Å². The summed E-state index contributed by atoms with van der Waals surface area (Å²) in [7, 11) is 0. The maximum Gasteiger partial charge on any atom is 0.224 e. The van der Waals surface area contributed by atoms with Crippen LogP contribution in [-0.4, -0.2) is 28.9 Å². The van der Waals surface area contributed by atoms with E-state index in [1.807, 2.05) is 24.3 Å². The fourth-order valence-corrected chi connectivity index (χ4v) is 3.97. The minimum Gasteiger partial charge on any atom is -0.353 e. The molecule has 2 amide bonds. The van der Waals surface area contributed by atoms with Gasteiger partial charge in [0.1, 0.15) is 0 Å². The summed E-state index contributed by atoms with van der Waals surface area (Å²) in [5.41, 5.74) is 0.701. The van der Waals surface area contributed by atoms with E-state index < -0.39 is 0 Å². The Kier molecular flexibility index (Phi) is 6.27. The molecule has 1 aromatic rings. The molecule has 25 heavy (non-hydrogen) atoms. The lowest BCUT2D eigenvalue weighted by molar-refractivity contribution is -0.125. The van der Waals surface area contributed by atoms with Crippen LogP contribution in [0.2, 0.25) is 0 Å². The highest BCUT2D eigenvalue weighted by molar-refractivity contribution is 9.10. The molecule has 0 bridgehead atoms. The molecule has 138 valence electrons. The van der Waals surface area contributed by atoms with E-state index in [0.717, 1.165) is 23.0 Å². The molecule has 2 rings (SSSR count). The number of amides is 2. The molecule has 1 fully saturated rings. The van der Waals surface area contributed by atoms with Crippen molar-refractivity contribution in [3.8, 4) is 0 Å². The lowest BCUT2D eigenvalue weighted by Gasteiger charge is -2.46. The summed E-state index contributed by atoms with van der Waals surface area (Å²) in [4.78, 5) is 24.2. The minimum atomic E-state index is -0.150. The minimum absolute atomic E-state index is 0.0152. The summed E-state index contributed by atoms with van der Waals surface area (Å²) < 4.78 is 0.956. The molecule has 0 aromatic heterocycles. The highest BCUT2D eigenvalue weighted by atomic mass is 79.9. The Morgan fingerprint density at radius 2 is 1.56 bits per heavy atom. The second-order valence-electron chi connectivity index (χ2n) is 8.12. The van der Waals surface area contributed by atoms with Crippen molar-refractivity contribution in [2.45, 2.75) is 70.5 Å². The van der Waals surface area contributed by atoms with Crippen LogP contribution in [0.1, 0.15) is 53.4 Å². The van der Waals surface area contributed by atoms with Gasteiger partial charge >= 0.3 is 0 Å². The summed E-state index contributed by atoms with van der Waals surface area (Å²) >= 11 is 3.35. The number of nitrogens with one attached hydrogen (secondary N) is 3. The highest BCUT2D eigenvalue weighted by Gasteiger charge is 2.38. The molecule has 0 radical (unpaired) electrons. The molecule has 1 saturated heterocycles. The molecule has 6 heteroatoms. The second-order valence-corrected chi connectivity index (χ2v) is 9.04. The van der Waals surface area contributed by atoms with E-state index in [1.54, 1.807) is 0 Å². The monoisotopic (exact) mass is 409 g/mol. The van der Waals surface area contributed by atoms with Crippen LogP contribution in [0.25, 0.3) is 0 Å². The third kappa shape index (κ3) is 6.78. The van der Waals surface area contributed by atoms with Gasteiger partial charge in [0.25, 0.3) is 0 Å². The molecule has 1 aliphatic rings. The van der Waals surface area contributed by atoms with Gasteiger partial charge in [-0.3, -0.25) is 9.59 Å². The molecule has 0 spiro atoms. The number of hydrogen-bond acceptors (Lipinski definition) is 3. The van der Waals surface area contributed by atoms with Crippen LogP contribution in [0.5, 0.6) is 0 Å². The van der Waals surface area contributed by atoms with Gasteiger partial charge in [-0.25, -0.2) is 0 Å². The van der Waals surface area contributed by atoms with Crippen LogP contribution in [-0.2, 0) is 9.59 Å². The zero-order valence-corrected chi connectivity index (χ0v) is 17.0. The standard InChI is InChI=1S/C19H28BrN3O2/c1-18(2)11-15(12-19(3,4)23-18)22-17(25)10-9-16(24)21-14-7-5-13(20)6-8-14/h5-8,15,23H,9-12H2,1-4H3,(H,21,24)(H,22,25). The first-order chi connectivity index (χ1) is 11.5. The number of anilines is 1. The van der Waals surface area contributed by atoms with E-state index in [0.29, 0.717) is 0 Å². The summed E-state index contributed by atoms with van der Waals surface area (Å²) in [5.74, 6) is -0.215. The van der Waals surface area contributed by atoms with Crippen molar-refractivity contribution >= 4 is 33.4 Å². The van der Waals surface area contributed by atoms with Crippen LogP contribution < -0.4 is 16.0 Å². The first kappa shape index (κ1) is 19.9. The van der Waals surface area contributed by atoms with E-state index in [4.69, 9.17) is 0 Å². The van der Waals surface area contributed by atoms with Crippen molar-refractivity contribution in [3.05, 3.63) is 28.7 Å². The Balaban J connectivity index is 1.78. The van der Waals surface area contributed by atoms with Gasteiger partial charge in [0.05, 0.1) is 0 Å². The average molecular weight is 410 g/mol. The van der Waals surface area contributed by atoms with Crippen LogP contribution in [0.15, 0.2) is 28.7 Å². The number of carbonyl (C=O) groups is 2. The molecule has 1 aromatic carbocycles. The Morgan fingerprint density at radius 3 is 2.12 bits per heavy atom. The smallest absolute Gasteiger partial charge is 0.224 e. The largest absolute Gasteiger partial charge is 0.353 e. The predicted molar refractivity (Wildman–Crippen MR) is 104 cm³/mol. The number of piperidine rings is 1. The number of carbonyl (C=O) groups excluding carboxylic acids is 2. The van der Waals surface area contributed by atoms with Gasteiger partial charge in [-0.05, 0) is 64.8 Å². The van der Waals surface area contributed by atoms with Gasteiger partial charge in [-0.2, -0.15) is 0 Å². The lowest BCUT2D eigenvalue weighted by atomic mass is 9.79. The first-order valence-electron chi connectivity index (χ1n) is 8.69. The summed E-state index contributed by atoms with van der Waals surface area (Å²) in [6, 6.07) is 7.50. The molecule has 0 aliphatic carbocycles. The fourth-order valence-electron chi connectivity index (χ4n) is 3.71. The molecule has 0 atom stereocenters. The predicted octanol–water partition coefficient (Wildman–Crippen LogP) is 3.59. The van der Waals surface area contributed by atoms with Crippen molar-refractivity contribution in [2.24, 2.45) is 0 Å². The molecular weight excluding hydrogens is 382 g/mol. The molecule has 0 saturated carbocycles. The van der Waals surface area contributed by atoms with Crippen molar-refractivity contribution in [3.63, 3.8) is 0 Å². The zero-order chi connectivity index (χ0) is 18.7. The number of halogens is 1. The van der Waals surface area contributed by atoms with Crippen molar-refractivity contribution in [2.75, 3.05) is 5.32 Å². The molecule has 1 aliphatic heterocycles. The fraction of sp³-hybridized carbons (Fsp3) is 0.579. The summed E-state index contributed by atoms with van der Waals surface area (Å²) in [6.45, 7) is 8.61. The van der Waals surface area contributed by atoms with E-state index in [-0.39, 0.29) is 41.8 Å². The third-order valence-electron chi connectivity index (χ3n) is 4.26. The van der Waals surface area contributed by atoms with Crippen molar-refractivity contribution < 1.29 is 9.59 Å². The van der Waals surface area contributed by atoms with E-state index in [1.165, 1.54) is 0 Å². The lowest BCUT2D eigenvalue weighted by Crippen LogP contribution is -2.62. The van der Waals surface area contributed by atoms with Crippen LogP contribution >= 0.6 is 15.9 Å². The highest BCUT2D eigenvalue weighted by Crippen LogP contribution is 2.28. The number of rotatable bonds is 5. The Morgan fingerprint density at radius 1 is 1.04 bits per heavy atom. The molecule has 5 nitrogen and oxygen atoms in total. The summed E-state index contributed by atoms with van der Waals surface area (Å²) in [5, 5.41) is 9.49. The molecule has 3 N–H and O–H groups in total. The molecular formula is C19H28BrN3O2. The molecule has 0 unspecified atom stereocenters. The maximum absolute atomic E-state index is 12.2. The Hall–Kier alpha value is -1.40. The molecule has 1 heterocycles. The number of benzene rings is 1. The van der Waals surface area contributed by atoms with Gasteiger partial charge in [-0.15, -0.1) is 0 Å². The maximum atomic E-state index is 12.2. The Bertz CT molecular complexity index is 610. The first-order valence-corrected chi connectivity index (χ1v) is 9.48. The van der Waals surface area contributed by atoms with Crippen LogP contribution in [0.4, 0.5) is 5.69 Å². The van der Waals surface area contributed by atoms with Gasteiger partial charge in [0, 0.05) is 40.1 Å². The quantitative estimate of drug-likeness (QED) is 0.695. The van der Waals surface area contributed by atoms with Crippen molar-refractivity contribution in [1.29, 1.82) is 0 Å². The van der Waals surface area contributed by atoms with Crippen LogP contribution in [0.3, 0.4) is 0 Å². The average Bonchev–Trinajstić information content (AvgIpc) is 2.44. The topological polar surface area (TPSA) is 70.2 Å². The normalized spacial score (nSPS) is 19.2. The van der Waals surface area contributed by atoms with E-state index in [9.17, 15) is 9.59 Å². The van der Waals surface area contributed by atoms with Crippen LogP contribution in [0, 0.1) is 0 Å². The third-order valence-corrected chi connectivity index (χ3v) is 4.79. The zero-order valence-electron chi connectivity index (χ0n) is 15.4. The van der Waals surface area contributed by atoms with Crippen molar-refractivity contribution in [1.82, 2.24) is 10.6 Å². The van der Waals surface area contributed by atoms with E-state index >= 15 is 0 Å². The van der Waals surface area contributed by atoms with Gasteiger partial charge in [-0.1, -0.05) is 15.9 Å². The second kappa shape index (κ2) is 7.87. The number of hydrogen-bond donors (Lipinski definition) is 3. The van der Waals surface area contributed by atoms with Gasteiger partial charge < -0.3 is 16.0 Å². The Labute approximate surface area is 158 Å². The van der Waals surface area contributed by atoms with Gasteiger partial charge in [0.2, 0.25) is 11.8 Å².